The Kier molecular flexibility index (Phi) is 14.7. The molecule has 0 saturated heterocycles. The van der Waals surface area contributed by atoms with Gasteiger partial charge in [0.2, 0.25) is 5.91 Å². The first kappa shape index (κ1) is 29.9. The summed E-state index contributed by atoms with van der Waals surface area (Å²) >= 11 is 0. The zero-order valence-corrected chi connectivity index (χ0v) is 19.8. The molecule has 1 unspecified atom stereocenters. The van der Waals surface area contributed by atoms with Crippen LogP contribution in [0, 0.1) is 0 Å². The maximum Gasteiger partial charge on any atom is 0.323 e. The van der Waals surface area contributed by atoms with E-state index >= 15 is 0 Å². The van der Waals surface area contributed by atoms with Crippen molar-refractivity contribution in [3.05, 3.63) is 24.3 Å². The van der Waals surface area contributed by atoms with Gasteiger partial charge in [-0.2, -0.15) is 0 Å². The molecule has 0 spiro atoms. The van der Waals surface area contributed by atoms with Gasteiger partial charge in [0.25, 0.3) is 0 Å². The summed E-state index contributed by atoms with van der Waals surface area (Å²) in [4.78, 5) is 38.1. The van der Waals surface area contributed by atoms with Crippen molar-refractivity contribution in [1.82, 2.24) is 5.32 Å². The summed E-state index contributed by atoms with van der Waals surface area (Å²) < 4.78 is 10.9. The molecule has 0 aromatic heterocycles. The maximum absolute atomic E-state index is 13.1. The highest BCUT2D eigenvalue weighted by molar-refractivity contribution is 6.02. The van der Waals surface area contributed by atoms with Crippen molar-refractivity contribution in [2.24, 2.45) is 5.73 Å². The molecule has 32 heavy (non-hydrogen) atoms. The van der Waals surface area contributed by atoms with Gasteiger partial charge >= 0.3 is 11.9 Å². The second-order valence-corrected chi connectivity index (χ2v) is 7.11. The third kappa shape index (κ3) is 8.82. The number of carboxylic acids is 1. The van der Waals surface area contributed by atoms with Gasteiger partial charge in [0, 0.05) is 0 Å². The van der Waals surface area contributed by atoms with Crippen molar-refractivity contribution in [2.75, 3.05) is 31.2 Å². The van der Waals surface area contributed by atoms with E-state index in [4.69, 9.17) is 15.2 Å². The van der Waals surface area contributed by atoms with E-state index in [1.165, 1.54) is 4.90 Å². The number of fused-ring (bicyclic) bond motifs is 1. The molecule has 1 aliphatic rings. The van der Waals surface area contributed by atoms with Gasteiger partial charge in [0.15, 0.2) is 0 Å². The average molecular weight is 494 g/mol. The molecule has 11 heteroatoms. The van der Waals surface area contributed by atoms with Crippen LogP contribution in [0.2, 0.25) is 0 Å². The SMILES string of the molecule is CCOC(=O)[C@H](CCCCCCN)NC1COc2ccccc2N(CC(=O)O)C1=O.Cl.Cl. The largest absolute Gasteiger partial charge is 0.489 e. The Morgan fingerprint density at radius 2 is 1.94 bits per heavy atom. The van der Waals surface area contributed by atoms with Crippen molar-refractivity contribution in [1.29, 1.82) is 0 Å². The number of amides is 1. The molecule has 0 aliphatic carbocycles. The lowest BCUT2D eigenvalue weighted by Crippen LogP contribution is -2.54. The molecule has 1 amide bonds. The van der Waals surface area contributed by atoms with Crippen LogP contribution in [-0.4, -0.2) is 61.3 Å². The fraction of sp³-hybridized carbons (Fsp3) is 0.571. The molecule has 0 fully saturated rings. The number of anilines is 1. The number of hydrogen-bond acceptors (Lipinski definition) is 7. The highest BCUT2D eigenvalue weighted by atomic mass is 35.5. The number of carboxylic acid groups (broad SMARTS) is 1. The normalized spacial score (nSPS) is 15.9. The fourth-order valence-electron chi connectivity index (χ4n) is 3.37. The van der Waals surface area contributed by atoms with Crippen LogP contribution in [-0.2, 0) is 19.1 Å². The van der Waals surface area contributed by atoms with E-state index in [9.17, 15) is 19.5 Å². The molecule has 0 saturated carbocycles. The summed E-state index contributed by atoms with van der Waals surface area (Å²) in [6.45, 7) is 2.07. The number of nitrogens with two attached hydrogens (primary N) is 1. The molecule has 1 aromatic rings. The van der Waals surface area contributed by atoms with Crippen LogP contribution in [0.5, 0.6) is 5.75 Å². The van der Waals surface area contributed by atoms with E-state index in [-0.39, 0.29) is 38.0 Å². The van der Waals surface area contributed by atoms with E-state index in [1.807, 2.05) is 0 Å². The number of carbonyl (C=O) groups is 3. The van der Waals surface area contributed by atoms with Crippen LogP contribution in [0.15, 0.2) is 24.3 Å². The summed E-state index contributed by atoms with van der Waals surface area (Å²) in [6.07, 6.45) is 4.09. The Morgan fingerprint density at radius 3 is 2.59 bits per heavy atom. The van der Waals surface area contributed by atoms with E-state index in [2.05, 4.69) is 5.32 Å². The Bertz CT molecular complexity index is 737. The number of benzene rings is 1. The first-order chi connectivity index (χ1) is 14.5. The van der Waals surface area contributed by atoms with Crippen molar-refractivity contribution >= 4 is 48.3 Å². The Labute approximate surface area is 200 Å². The number of hydrogen-bond donors (Lipinski definition) is 3. The zero-order chi connectivity index (χ0) is 21.9. The van der Waals surface area contributed by atoms with Gasteiger partial charge in [0.05, 0.1) is 12.3 Å². The van der Waals surface area contributed by atoms with Gasteiger partial charge in [-0.25, -0.2) is 0 Å². The third-order valence-electron chi connectivity index (χ3n) is 4.84. The lowest BCUT2D eigenvalue weighted by Gasteiger charge is -2.26. The highest BCUT2D eigenvalue weighted by Gasteiger charge is 2.35. The topological polar surface area (TPSA) is 131 Å². The smallest absolute Gasteiger partial charge is 0.323 e. The molecule has 2 atom stereocenters. The summed E-state index contributed by atoms with van der Waals surface area (Å²) in [6, 6.07) is 5.21. The van der Waals surface area contributed by atoms with Crippen LogP contribution in [0.3, 0.4) is 0 Å². The van der Waals surface area contributed by atoms with Gasteiger partial charge in [0.1, 0.15) is 31.0 Å². The van der Waals surface area contributed by atoms with E-state index < -0.39 is 36.5 Å². The van der Waals surface area contributed by atoms with E-state index in [0.29, 0.717) is 24.4 Å². The number of carbonyl (C=O) groups excluding carboxylic acids is 2. The minimum Gasteiger partial charge on any atom is -0.489 e. The number of nitrogens with zero attached hydrogens (tertiary/aromatic N) is 1. The molecule has 0 bridgehead atoms. The van der Waals surface area contributed by atoms with Gasteiger partial charge in [-0.15, -0.1) is 24.8 Å². The number of aliphatic carboxylic acids is 1. The maximum atomic E-state index is 13.1. The van der Waals surface area contributed by atoms with Crippen molar-refractivity contribution in [3.8, 4) is 5.75 Å². The van der Waals surface area contributed by atoms with Gasteiger partial charge < -0.3 is 20.3 Å². The second-order valence-electron chi connectivity index (χ2n) is 7.11. The lowest BCUT2D eigenvalue weighted by atomic mass is 10.1. The predicted octanol–water partition coefficient (Wildman–Crippen LogP) is 2.14. The first-order valence-electron chi connectivity index (χ1n) is 10.4. The van der Waals surface area contributed by atoms with Gasteiger partial charge in [-0.05, 0) is 38.4 Å². The third-order valence-corrected chi connectivity index (χ3v) is 4.84. The highest BCUT2D eigenvalue weighted by Crippen LogP contribution is 2.31. The molecule has 182 valence electrons. The molecular formula is C21H33Cl2N3O6. The summed E-state index contributed by atoms with van der Waals surface area (Å²) in [5, 5.41) is 12.3. The summed E-state index contributed by atoms with van der Waals surface area (Å²) in [7, 11) is 0. The van der Waals surface area contributed by atoms with Crippen LogP contribution in [0.25, 0.3) is 0 Å². The Balaban J connectivity index is 0.00000480. The van der Waals surface area contributed by atoms with Crippen LogP contribution in [0.1, 0.15) is 39.0 Å². The number of esters is 1. The zero-order valence-electron chi connectivity index (χ0n) is 18.2. The van der Waals surface area contributed by atoms with Crippen molar-refractivity contribution in [3.63, 3.8) is 0 Å². The first-order valence-corrected chi connectivity index (χ1v) is 10.4. The van der Waals surface area contributed by atoms with E-state index in [1.54, 1.807) is 31.2 Å². The molecule has 1 heterocycles. The molecule has 0 radical (unpaired) electrons. The molecule has 1 aromatic carbocycles. The van der Waals surface area contributed by atoms with Crippen LogP contribution in [0.4, 0.5) is 5.69 Å². The molecule has 1 aliphatic heterocycles. The van der Waals surface area contributed by atoms with Crippen molar-refractivity contribution < 1.29 is 29.0 Å². The number of ether oxygens (including phenoxy) is 2. The number of unbranched alkanes of at least 4 members (excludes halogenated alkanes) is 3. The number of para-hydroxylation sites is 2. The lowest BCUT2D eigenvalue weighted by molar-refractivity contribution is -0.146. The van der Waals surface area contributed by atoms with Crippen molar-refractivity contribution in [2.45, 2.75) is 51.1 Å². The minimum atomic E-state index is -1.14. The number of rotatable bonds is 12. The monoisotopic (exact) mass is 493 g/mol. The number of nitrogens with one attached hydrogen (secondary N) is 1. The van der Waals surface area contributed by atoms with Crippen LogP contribution >= 0.6 is 24.8 Å². The fourth-order valence-corrected chi connectivity index (χ4v) is 3.37. The molecule has 4 N–H and O–H groups in total. The summed E-state index contributed by atoms with van der Waals surface area (Å²) in [5.74, 6) is -1.61. The molecular weight excluding hydrogens is 461 g/mol. The van der Waals surface area contributed by atoms with Gasteiger partial charge in [-0.3, -0.25) is 24.6 Å². The molecule has 9 nitrogen and oxygen atoms in total. The minimum absolute atomic E-state index is 0. The quantitative estimate of drug-likeness (QED) is 0.298. The standard InChI is InChI=1S/C21H31N3O6.2ClH/c1-2-29-21(28)15(9-5-3-4-8-12-22)23-16-14-30-18-11-7-6-10-17(18)24(20(16)27)13-19(25)26;;/h6-7,10-11,15-16,23H,2-5,8-9,12-14,22H2,1H3,(H,25,26);2*1H/t15-,16?;;/m0../s1. The van der Waals surface area contributed by atoms with Gasteiger partial charge in [-0.1, -0.05) is 31.4 Å². The second kappa shape index (κ2) is 15.7. The summed E-state index contributed by atoms with van der Waals surface area (Å²) in [5.41, 5.74) is 5.90. The Morgan fingerprint density at radius 1 is 1.25 bits per heavy atom. The predicted molar refractivity (Wildman–Crippen MR) is 126 cm³/mol. The van der Waals surface area contributed by atoms with Crippen LogP contribution < -0.4 is 20.7 Å². The Hall–Kier alpha value is -2.07. The average Bonchev–Trinajstić information content (AvgIpc) is 2.84. The molecule has 2 rings (SSSR count). The number of halogens is 2. The van der Waals surface area contributed by atoms with E-state index in [0.717, 1.165) is 25.7 Å².